The van der Waals surface area contributed by atoms with E-state index in [2.05, 4.69) is 14.7 Å². The van der Waals surface area contributed by atoms with Crippen LogP contribution in [0.25, 0.3) is 0 Å². The summed E-state index contributed by atoms with van der Waals surface area (Å²) in [5.41, 5.74) is 0. The van der Waals surface area contributed by atoms with Crippen molar-refractivity contribution < 1.29 is 40.9 Å². The van der Waals surface area contributed by atoms with Gasteiger partial charge in [-0.2, -0.15) is 22.5 Å². The first-order chi connectivity index (χ1) is 9.15. The van der Waals surface area contributed by atoms with Gasteiger partial charge in [0.05, 0.1) is 19.8 Å². The van der Waals surface area contributed by atoms with E-state index >= 15 is 0 Å². The Morgan fingerprint density at radius 2 is 1.65 bits per heavy atom. The van der Waals surface area contributed by atoms with Crippen LogP contribution in [-0.4, -0.2) is 62.5 Å². The second kappa shape index (κ2) is 8.37. The fourth-order valence-corrected chi connectivity index (χ4v) is 0.948. The zero-order chi connectivity index (χ0) is 15.8. The summed E-state index contributed by atoms with van der Waals surface area (Å²) in [6, 6.07) is 0. The fraction of sp³-hybridized carbons (Fsp3) is 1.00. The largest absolute Gasteiger partial charge is 0.388 e. The molecule has 0 rings (SSSR count). The molecule has 0 fully saturated rings. The molecule has 120 valence electrons. The van der Waals surface area contributed by atoms with Gasteiger partial charge in [0.15, 0.2) is 0 Å². The third-order valence-electron chi connectivity index (χ3n) is 1.99. The van der Waals surface area contributed by atoms with Gasteiger partial charge in [-0.3, -0.25) is 0 Å². The fourth-order valence-electron chi connectivity index (χ4n) is 0.948. The minimum absolute atomic E-state index is 0.125. The van der Waals surface area contributed by atoms with Crippen LogP contribution in [0.1, 0.15) is 0 Å². The van der Waals surface area contributed by atoms with Crippen LogP contribution in [0.4, 0.5) is 26.3 Å². The number of aliphatic hydroxyl groups excluding tert-OH is 1. The Labute approximate surface area is 109 Å². The normalized spacial score (nSPS) is 14.6. The van der Waals surface area contributed by atoms with Crippen molar-refractivity contribution >= 4 is 0 Å². The van der Waals surface area contributed by atoms with Gasteiger partial charge in [-0.05, 0) is 0 Å². The Balaban J connectivity index is 4.01. The number of nitrogens with zero attached hydrogens (tertiary/aromatic N) is 1. The number of hydrogen-bond donors (Lipinski definition) is 1. The molecule has 0 bridgehead atoms. The SMILES string of the molecule is O=NCCOCC(O)COCC(F)(F)C(F)(F)C(F)F. The van der Waals surface area contributed by atoms with Crippen molar-refractivity contribution in [2.24, 2.45) is 5.18 Å². The predicted octanol–water partition coefficient (Wildman–Crippen LogP) is 1.68. The van der Waals surface area contributed by atoms with Crippen molar-refractivity contribution in [1.82, 2.24) is 0 Å². The second-order valence-corrected chi connectivity index (χ2v) is 3.72. The molecule has 20 heavy (non-hydrogen) atoms. The Bertz CT molecular complexity index is 292. The lowest BCUT2D eigenvalue weighted by Gasteiger charge is -2.25. The first-order valence-electron chi connectivity index (χ1n) is 5.31. The van der Waals surface area contributed by atoms with E-state index in [9.17, 15) is 31.2 Å². The van der Waals surface area contributed by atoms with Gasteiger partial charge in [0.1, 0.15) is 19.3 Å². The van der Waals surface area contributed by atoms with E-state index in [-0.39, 0.29) is 13.2 Å². The molecule has 5 nitrogen and oxygen atoms in total. The van der Waals surface area contributed by atoms with E-state index in [4.69, 9.17) is 5.11 Å². The molecule has 0 radical (unpaired) electrons. The van der Waals surface area contributed by atoms with Gasteiger partial charge in [0.25, 0.3) is 0 Å². The minimum Gasteiger partial charge on any atom is -0.388 e. The van der Waals surface area contributed by atoms with Crippen molar-refractivity contribution in [3.05, 3.63) is 4.91 Å². The molecule has 1 atom stereocenters. The van der Waals surface area contributed by atoms with Gasteiger partial charge < -0.3 is 14.6 Å². The van der Waals surface area contributed by atoms with Gasteiger partial charge in [0, 0.05) is 0 Å². The summed E-state index contributed by atoms with van der Waals surface area (Å²) in [6.45, 7) is -3.51. The highest BCUT2D eigenvalue weighted by Crippen LogP contribution is 2.39. The number of aliphatic hydroxyl groups is 1. The van der Waals surface area contributed by atoms with Crippen molar-refractivity contribution in [2.45, 2.75) is 24.4 Å². The van der Waals surface area contributed by atoms with Gasteiger partial charge in [-0.25, -0.2) is 8.78 Å². The molecule has 0 spiro atoms. The van der Waals surface area contributed by atoms with Crippen molar-refractivity contribution in [3.8, 4) is 0 Å². The van der Waals surface area contributed by atoms with Crippen LogP contribution in [0.2, 0.25) is 0 Å². The molecule has 0 saturated heterocycles. The molecule has 0 aliphatic heterocycles. The first-order valence-corrected chi connectivity index (χ1v) is 5.31. The summed E-state index contributed by atoms with van der Waals surface area (Å²) >= 11 is 0. The number of nitroso groups, excluding NO2 is 1. The summed E-state index contributed by atoms with van der Waals surface area (Å²) in [6.07, 6.45) is -5.97. The molecule has 0 heterocycles. The molecule has 0 aromatic rings. The number of ether oxygens (including phenoxy) is 2. The van der Waals surface area contributed by atoms with Crippen LogP contribution >= 0.6 is 0 Å². The van der Waals surface area contributed by atoms with E-state index in [1.165, 1.54) is 0 Å². The Morgan fingerprint density at radius 1 is 1.10 bits per heavy atom. The number of halogens is 6. The molecule has 0 amide bonds. The van der Waals surface area contributed by atoms with Gasteiger partial charge in [-0.15, -0.1) is 0 Å². The lowest BCUT2D eigenvalue weighted by atomic mass is 10.2. The Morgan fingerprint density at radius 3 is 2.15 bits per heavy atom. The van der Waals surface area contributed by atoms with Crippen molar-refractivity contribution in [2.75, 3.05) is 33.0 Å². The number of alkyl halides is 6. The number of rotatable bonds is 11. The second-order valence-electron chi connectivity index (χ2n) is 3.72. The quantitative estimate of drug-likeness (QED) is 0.358. The average molecular weight is 313 g/mol. The zero-order valence-electron chi connectivity index (χ0n) is 10.1. The molecule has 0 aliphatic carbocycles. The highest BCUT2D eigenvalue weighted by molar-refractivity contribution is 4.86. The Kier molecular flexibility index (Phi) is 7.98. The third-order valence-corrected chi connectivity index (χ3v) is 1.99. The predicted molar refractivity (Wildman–Crippen MR) is 54.2 cm³/mol. The third kappa shape index (κ3) is 6.01. The topological polar surface area (TPSA) is 68.1 Å². The van der Waals surface area contributed by atoms with Crippen LogP contribution < -0.4 is 0 Å². The van der Waals surface area contributed by atoms with E-state index in [0.29, 0.717) is 0 Å². The molecule has 1 N–H and O–H groups in total. The zero-order valence-corrected chi connectivity index (χ0v) is 10.1. The molecule has 0 saturated carbocycles. The maximum absolute atomic E-state index is 12.7. The standard InChI is InChI=1S/C9H13F6NO4/c10-7(11)9(14,15)8(12,13)5-20-4-6(17)3-19-2-1-16-18/h6-7,17H,1-5H2. The van der Waals surface area contributed by atoms with E-state index in [0.717, 1.165) is 0 Å². The smallest absolute Gasteiger partial charge is 0.371 e. The lowest BCUT2D eigenvalue weighted by molar-refractivity contribution is -0.280. The number of hydrogen-bond acceptors (Lipinski definition) is 5. The summed E-state index contributed by atoms with van der Waals surface area (Å²) in [5, 5.41) is 11.5. The van der Waals surface area contributed by atoms with Crippen LogP contribution in [0, 0.1) is 4.91 Å². The van der Waals surface area contributed by atoms with Crippen molar-refractivity contribution in [3.63, 3.8) is 0 Å². The average Bonchev–Trinajstić information content (AvgIpc) is 2.34. The van der Waals surface area contributed by atoms with Crippen molar-refractivity contribution in [1.29, 1.82) is 0 Å². The maximum atomic E-state index is 12.7. The Hall–Kier alpha value is -0.940. The first kappa shape index (κ1) is 19.1. The van der Waals surface area contributed by atoms with Gasteiger partial charge in [-0.1, -0.05) is 5.18 Å². The highest BCUT2D eigenvalue weighted by Gasteiger charge is 2.62. The van der Waals surface area contributed by atoms with Crippen LogP contribution in [-0.2, 0) is 9.47 Å². The molecule has 0 aromatic heterocycles. The summed E-state index contributed by atoms with van der Waals surface area (Å²) in [4.78, 5) is 9.65. The molecule has 11 heteroatoms. The van der Waals surface area contributed by atoms with Gasteiger partial charge in [0.2, 0.25) is 0 Å². The molecule has 0 aromatic carbocycles. The maximum Gasteiger partial charge on any atom is 0.371 e. The van der Waals surface area contributed by atoms with E-state index < -0.39 is 44.2 Å². The summed E-state index contributed by atoms with van der Waals surface area (Å²) in [7, 11) is 0. The van der Waals surface area contributed by atoms with Crippen LogP contribution in [0.15, 0.2) is 5.18 Å². The van der Waals surface area contributed by atoms with E-state index in [1.807, 2.05) is 0 Å². The molecule has 1 unspecified atom stereocenters. The molecule has 0 aliphatic rings. The summed E-state index contributed by atoms with van der Waals surface area (Å²) < 4.78 is 82.5. The minimum atomic E-state index is -5.52. The van der Waals surface area contributed by atoms with Crippen LogP contribution in [0.3, 0.4) is 0 Å². The van der Waals surface area contributed by atoms with Crippen LogP contribution in [0.5, 0.6) is 0 Å². The molecular formula is C9H13F6NO4. The van der Waals surface area contributed by atoms with Gasteiger partial charge >= 0.3 is 18.3 Å². The highest BCUT2D eigenvalue weighted by atomic mass is 19.3. The van der Waals surface area contributed by atoms with E-state index in [1.54, 1.807) is 0 Å². The lowest BCUT2D eigenvalue weighted by Crippen LogP contribution is -2.49. The summed E-state index contributed by atoms with van der Waals surface area (Å²) in [5.74, 6) is -10.6. The monoisotopic (exact) mass is 313 g/mol. The molecular weight excluding hydrogens is 300 g/mol.